The van der Waals surface area contributed by atoms with E-state index in [0.717, 1.165) is 27.2 Å². The lowest BCUT2D eigenvalue weighted by Gasteiger charge is -2.17. The lowest BCUT2D eigenvalue weighted by molar-refractivity contribution is 0.0952. The molecule has 7 heteroatoms. The van der Waals surface area contributed by atoms with Gasteiger partial charge < -0.3 is 14.2 Å². The molecular weight excluding hydrogens is 460 g/mol. The zero-order valence-corrected chi connectivity index (χ0v) is 19.5. The summed E-state index contributed by atoms with van der Waals surface area (Å²) in [5, 5.41) is 6.04. The summed E-state index contributed by atoms with van der Waals surface area (Å²) < 4.78 is 17.5. The Morgan fingerprint density at radius 1 is 1.10 bits per heavy atom. The van der Waals surface area contributed by atoms with Gasteiger partial charge in [-0.3, -0.25) is 4.79 Å². The van der Waals surface area contributed by atoms with E-state index in [9.17, 15) is 4.79 Å². The molecule has 3 aromatic carbocycles. The van der Waals surface area contributed by atoms with Crippen molar-refractivity contribution in [1.29, 1.82) is 0 Å². The molecule has 0 saturated carbocycles. The van der Waals surface area contributed by atoms with E-state index in [-0.39, 0.29) is 12.0 Å². The summed E-state index contributed by atoms with van der Waals surface area (Å²) in [5.41, 5.74) is 3.72. The van der Waals surface area contributed by atoms with Crippen LogP contribution < -0.4 is 19.6 Å². The number of nitrogens with one attached hydrogen (secondary N) is 1. The molecule has 3 rings (SSSR count). The first-order chi connectivity index (χ1) is 15.0. The van der Waals surface area contributed by atoms with Crippen molar-refractivity contribution in [3.63, 3.8) is 0 Å². The summed E-state index contributed by atoms with van der Waals surface area (Å²) >= 11 is 3.53. The van der Waals surface area contributed by atoms with Crippen LogP contribution in [0.5, 0.6) is 17.2 Å². The van der Waals surface area contributed by atoms with Crippen LogP contribution in [0.15, 0.2) is 58.1 Å². The fourth-order valence-corrected chi connectivity index (χ4v) is 3.56. The molecule has 6 nitrogen and oxygen atoms in total. The highest BCUT2D eigenvalue weighted by molar-refractivity contribution is 9.10. The highest BCUT2D eigenvalue weighted by Crippen LogP contribution is 2.37. The van der Waals surface area contributed by atoms with E-state index < -0.39 is 0 Å². The van der Waals surface area contributed by atoms with Crippen molar-refractivity contribution in [2.45, 2.75) is 26.4 Å². The van der Waals surface area contributed by atoms with Gasteiger partial charge in [-0.15, -0.1) is 0 Å². The first kappa shape index (κ1) is 22.6. The number of carbonyl (C=O) groups is 1. The van der Waals surface area contributed by atoms with Gasteiger partial charge in [-0.25, -0.2) is 5.43 Å². The first-order valence-corrected chi connectivity index (χ1v) is 10.7. The van der Waals surface area contributed by atoms with E-state index in [1.807, 2.05) is 43.3 Å². The second kappa shape index (κ2) is 10.3. The van der Waals surface area contributed by atoms with Crippen LogP contribution in [0.2, 0.25) is 0 Å². The topological polar surface area (TPSA) is 69.2 Å². The van der Waals surface area contributed by atoms with Crippen LogP contribution in [-0.2, 0) is 0 Å². The van der Waals surface area contributed by atoms with Gasteiger partial charge in [0.25, 0.3) is 5.91 Å². The Hall–Kier alpha value is -3.06. The third kappa shape index (κ3) is 5.35. The maximum Gasteiger partial charge on any atom is 0.275 e. The second-order valence-corrected chi connectivity index (χ2v) is 7.82. The highest BCUT2D eigenvalue weighted by Gasteiger charge is 2.15. The SMILES string of the molecule is CC[C@@H](C)Oc1c(Br)cc(/C=N\NC(=O)c2cc3ccccc3cc2OC)cc1OC. The lowest BCUT2D eigenvalue weighted by Crippen LogP contribution is -2.18. The predicted molar refractivity (Wildman–Crippen MR) is 127 cm³/mol. The number of amides is 1. The van der Waals surface area contributed by atoms with E-state index in [0.29, 0.717) is 22.8 Å². The summed E-state index contributed by atoms with van der Waals surface area (Å²) in [5.74, 6) is 1.35. The number of ether oxygens (including phenoxy) is 3. The average Bonchev–Trinajstić information content (AvgIpc) is 2.79. The summed E-state index contributed by atoms with van der Waals surface area (Å²) in [6.07, 6.45) is 2.48. The molecular formula is C24H25BrN2O4. The number of benzene rings is 3. The number of nitrogens with zero attached hydrogens (tertiary/aromatic N) is 1. The first-order valence-electron chi connectivity index (χ1n) is 9.91. The number of methoxy groups -OCH3 is 2. The molecule has 162 valence electrons. The van der Waals surface area contributed by atoms with Gasteiger partial charge in [0.2, 0.25) is 0 Å². The van der Waals surface area contributed by atoms with Crippen molar-refractivity contribution in [2.24, 2.45) is 5.10 Å². The van der Waals surface area contributed by atoms with Crippen LogP contribution in [0.4, 0.5) is 0 Å². The molecule has 0 radical (unpaired) electrons. The maximum atomic E-state index is 12.7. The summed E-state index contributed by atoms with van der Waals surface area (Å²) in [7, 11) is 3.12. The summed E-state index contributed by atoms with van der Waals surface area (Å²) in [6, 6.07) is 15.1. The molecule has 0 fully saturated rings. The van der Waals surface area contributed by atoms with Gasteiger partial charge >= 0.3 is 0 Å². The van der Waals surface area contributed by atoms with Crippen LogP contribution >= 0.6 is 15.9 Å². The monoisotopic (exact) mass is 484 g/mol. The van der Waals surface area contributed by atoms with E-state index in [2.05, 4.69) is 33.4 Å². The van der Waals surface area contributed by atoms with E-state index in [4.69, 9.17) is 14.2 Å². The Morgan fingerprint density at radius 2 is 1.77 bits per heavy atom. The third-order valence-electron chi connectivity index (χ3n) is 4.84. The smallest absolute Gasteiger partial charge is 0.275 e. The lowest BCUT2D eigenvalue weighted by atomic mass is 10.1. The molecule has 0 unspecified atom stereocenters. The van der Waals surface area contributed by atoms with Crippen molar-refractivity contribution in [3.05, 3.63) is 64.1 Å². The van der Waals surface area contributed by atoms with Gasteiger partial charge in [-0.2, -0.15) is 5.10 Å². The molecule has 0 spiro atoms. The average molecular weight is 485 g/mol. The van der Waals surface area contributed by atoms with Crippen molar-refractivity contribution >= 4 is 38.8 Å². The molecule has 1 N–H and O–H groups in total. The van der Waals surface area contributed by atoms with Gasteiger partial charge in [0.05, 0.1) is 36.6 Å². The number of carbonyl (C=O) groups excluding carboxylic acids is 1. The fourth-order valence-electron chi connectivity index (χ4n) is 3.00. The largest absolute Gasteiger partial charge is 0.496 e. The van der Waals surface area contributed by atoms with E-state index in [1.54, 1.807) is 25.5 Å². The molecule has 0 aliphatic rings. The Balaban J connectivity index is 1.79. The number of hydrazone groups is 1. The number of hydrogen-bond donors (Lipinski definition) is 1. The molecule has 0 heterocycles. The van der Waals surface area contributed by atoms with Gasteiger partial charge in [-0.1, -0.05) is 31.2 Å². The van der Waals surface area contributed by atoms with Gasteiger partial charge in [-0.05, 0) is 69.9 Å². The zero-order valence-electron chi connectivity index (χ0n) is 17.9. The van der Waals surface area contributed by atoms with Crippen molar-refractivity contribution in [1.82, 2.24) is 5.43 Å². The molecule has 0 aliphatic carbocycles. The molecule has 3 aromatic rings. The molecule has 0 saturated heterocycles. The fraction of sp³-hybridized carbons (Fsp3) is 0.250. The molecule has 0 bridgehead atoms. The summed E-state index contributed by atoms with van der Waals surface area (Å²) in [4.78, 5) is 12.7. The van der Waals surface area contributed by atoms with Gasteiger partial charge in [0.1, 0.15) is 5.75 Å². The molecule has 1 atom stereocenters. The molecule has 31 heavy (non-hydrogen) atoms. The minimum absolute atomic E-state index is 0.0564. The predicted octanol–water partition coefficient (Wildman–Crippen LogP) is 5.56. The van der Waals surface area contributed by atoms with E-state index >= 15 is 0 Å². The Bertz CT molecular complexity index is 1110. The number of rotatable bonds is 8. The van der Waals surface area contributed by atoms with Crippen LogP contribution in [-0.4, -0.2) is 32.4 Å². The number of fused-ring (bicyclic) bond motifs is 1. The summed E-state index contributed by atoms with van der Waals surface area (Å²) in [6.45, 7) is 4.05. The van der Waals surface area contributed by atoms with Crippen LogP contribution in [0, 0.1) is 0 Å². The van der Waals surface area contributed by atoms with Crippen molar-refractivity contribution in [2.75, 3.05) is 14.2 Å². The Morgan fingerprint density at radius 3 is 2.42 bits per heavy atom. The third-order valence-corrected chi connectivity index (χ3v) is 5.43. The van der Waals surface area contributed by atoms with Gasteiger partial charge in [0.15, 0.2) is 11.5 Å². The number of halogens is 1. The standard InChI is InChI=1S/C24H25BrN2O4/c1-5-15(2)31-23-20(25)10-16(11-22(23)30-4)14-26-27-24(28)19-12-17-8-6-7-9-18(17)13-21(19)29-3/h6-15H,5H2,1-4H3,(H,27,28)/b26-14-/t15-/m1/s1. The van der Waals surface area contributed by atoms with Crippen LogP contribution in [0.25, 0.3) is 10.8 Å². The second-order valence-electron chi connectivity index (χ2n) is 6.97. The molecule has 1 amide bonds. The molecule has 0 aromatic heterocycles. The minimum atomic E-state index is -0.360. The maximum absolute atomic E-state index is 12.7. The van der Waals surface area contributed by atoms with E-state index in [1.165, 1.54) is 7.11 Å². The van der Waals surface area contributed by atoms with Crippen molar-refractivity contribution in [3.8, 4) is 17.2 Å². The molecule has 0 aliphatic heterocycles. The Kier molecular flexibility index (Phi) is 7.52. The Labute approximate surface area is 190 Å². The normalized spacial score (nSPS) is 12.0. The van der Waals surface area contributed by atoms with Crippen LogP contribution in [0.1, 0.15) is 36.2 Å². The van der Waals surface area contributed by atoms with Crippen molar-refractivity contribution < 1.29 is 19.0 Å². The quantitative estimate of drug-likeness (QED) is 0.335. The minimum Gasteiger partial charge on any atom is -0.496 e. The zero-order chi connectivity index (χ0) is 22.4. The highest BCUT2D eigenvalue weighted by atomic mass is 79.9. The van der Waals surface area contributed by atoms with Gasteiger partial charge in [0, 0.05) is 0 Å². The number of hydrogen-bond acceptors (Lipinski definition) is 5. The van der Waals surface area contributed by atoms with Crippen LogP contribution in [0.3, 0.4) is 0 Å².